The minimum absolute atomic E-state index is 0.164. The molecular weight excluding hydrogens is 500 g/mol. The lowest BCUT2D eigenvalue weighted by atomic mass is 9.85. The van der Waals surface area contributed by atoms with Crippen molar-refractivity contribution in [1.29, 1.82) is 0 Å². The van der Waals surface area contributed by atoms with Crippen molar-refractivity contribution >= 4 is 35.6 Å². The second-order valence-electron chi connectivity index (χ2n) is 11.6. The molecule has 2 aliphatic carbocycles. The van der Waals surface area contributed by atoms with E-state index in [1.165, 1.54) is 24.3 Å². The highest BCUT2D eigenvalue weighted by atomic mass is 16.5. The minimum Gasteiger partial charge on any atom is -0.481 e. The van der Waals surface area contributed by atoms with E-state index in [1.807, 2.05) is 13.8 Å². The Bertz CT molecular complexity index is 1130. The zero-order valence-corrected chi connectivity index (χ0v) is 23.5. The summed E-state index contributed by atoms with van der Waals surface area (Å²) in [5.74, 6) is -1.70. The van der Waals surface area contributed by atoms with E-state index >= 15 is 0 Å². The number of Topliss-reactive ketones (excluding diaryl/α,β-unsaturated/α-hetero) is 2. The van der Waals surface area contributed by atoms with Crippen LogP contribution < -0.4 is 0 Å². The number of aliphatic carboxylic acids is 1. The van der Waals surface area contributed by atoms with Crippen molar-refractivity contribution in [3.8, 4) is 0 Å². The first-order valence-corrected chi connectivity index (χ1v) is 13.6. The molecule has 0 aromatic heterocycles. The van der Waals surface area contributed by atoms with E-state index in [-0.39, 0.29) is 23.1 Å². The number of carboxylic acid groups (broad SMARTS) is 1. The molecule has 39 heavy (non-hydrogen) atoms. The topological polar surface area (TPSA) is 132 Å². The molecule has 0 atom stereocenters. The average Bonchev–Trinajstić information content (AvgIpc) is 2.84. The predicted molar refractivity (Wildman–Crippen MR) is 146 cm³/mol. The van der Waals surface area contributed by atoms with Crippen molar-refractivity contribution in [1.82, 2.24) is 0 Å². The highest BCUT2D eigenvalue weighted by molar-refractivity contribution is 6.21. The largest absolute Gasteiger partial charge is 0.481 e. The SMILES string of the molecule is CC(C)(CCCCC1=CC(=O)C=C(CCCC2=CC(=O)C=C(CCCCC(C)(C)C(=O)O)C2=O)C1=O)OC=O. The van der Waals surface area contributed by atoms with Crippen LogP contribution in [-0.4, -0.2) is 46.3 Å². The van der Waals surface area contributed by atoms with Crippen LogP contribution in [0, 0.1) is 5.41 Å². The Morgan fingerprint density at radius 2 is 1.08 bits per heavy atom. The zero-order valence-electron chi connectivity index (χ0n) is 23.5. The maximum Gasteiger partial charge on any atom is 0.309 e. The summed E-state index contributed by atoms with van der Waals surface area (Å²) in [6.45, 7) is 7.39. The summed E-state index contributed by atoms with van der Waals surface area (Å²) >= 11 is 0. The monoisotopic (exact) mass is 540 g/mol. The molecule has 8 heteroatoms. The molecule has 0 spiro atoms. The molecule has 0 saturated carbocycles. The van der Waals surface area contributed by atoms with Gasteiger partial charge in [-0.1, -0.05) is 6.42 Å². The fourth-order valence-corrected chi connectivity index (χ4v) is 4.70. The number of carbonyl (C=O) groups excluding carboxylic acids is 5. The molecule has 0 amide bonds. The molecule has 0 radical (unpaired) electrons. The van der Waals surface area contributed by atoms with E-state index in [1.54, 1.807) is 13.8 Å². The predicted octanol–water partition coefficient (Wildman–Crippen LogP) is 5.35. The highest BCUT2D eigenvalue weighted by Gasteiger charge is 2.27. The molecular formula is C31H40O8. The van der Waals surface area contributed by atoms with E-state index in [0.29, 0.717) is 93.0 Å². The molecule has 2 rings (SSSR count). The number of rotatable bonds is 17. The second kappa shape index (κ2) is 14.1. The first-order valence-electron chi connectivity index (χ1n) is 13.6. The Morgan fingerprint density at radius 1 is 0.692 bits per heavy atom. The van der Waals surface area contributed by atoms with Gasteiger partial charge in [-0.15, -0.1) is 0 Å². The summed E-state index contributed by atoms with van der Waals surface area (Å²) in [5, 5.41) is 9.24. The number of carboxylic acids is 1. The fraction of sp³-hybridized carbons (Fsp3) is 0.548. The number of unbranched alkanes of at least 4 members (excludes halogenated alkanes) is 2. The van der Waals surface area contributed by atoms with Crippen molar-refractivity contribution in [3.05, 3.63) is 46.6 Å². The highest BCUT2D eigenvalue weighted by Crippen LogP contribution is 2.28. The lowest BCUT2D eigenvalue weighted by molar-refractivity contribution is -0.147. The summed E-state index contributed by atoms with van der Waals surface area (Å²) in [7, 11) is 0. The van der Waals surface area contributed by atoms with Crippen LogP contribution in [0.5, 0.6) is 0 Å². The first-order chi connectivity index (χ1) is 18.3. The van der Waals surface area contributed by atoms with Gasteiger partial charge in [-0.3, -0.25) is 28.8 Å². The lowest BCUT2D eigenvalue weighted by Crippen LogP contribution is -2.23. The van der Waals surface area contributed by atoms with E-state index in [4.69, 9.17) is 4.74 Å². The Balaban J connectivity index is 1.84. The van der Waals surface area contributed by atoms with Gasteiger partial charge in [0.05, 0.1) is 5.41 Å². The summed E-state index contributed by atoms with van der Waals surface area (Å²) in [4.78, 5) is 72.1. The molecule has 212 valence electrons. The lowest BCUT2D eigenvalue weighted by Gasteiger charge is -2.22. The molecule has 2 aliphatic rings. The summed E-state index contributed by atoms with van der Waals surface area (Å²) in [6, 6.07) is 0. The number of ether oxygens (including phenoxy) is 1. The average molecular weight is 541 g/mol. The first kappa shape index (κ1) is 31.8. The molecule has 0 saturated heterocycles. The molecule has 0 fully saturated rings. The van der Waals surface area contributed by atoms with Crippen molar-refractivity contribution in [3.63, 3.8) is 0 Å². The fourth-order valence-electron chi connectivity index (χ4n) is 4.70. The summed E-state index contributed by atoms with van der Waals surface area (Å²) in [5.41, 5.74) is 0.290. The van der Waals surface area contributed by atoms with E-state index < -0.39 is 17.0 Å². The number of hydrogen-bond acceptors (Lipinski definition) is 7. The molecule has 0 unspecified atom stereocenters. The van der Waals surface area contributed by atoms with Crippen LogP contribution in [0.2, 0.25) is 0 Å². The van der Waals surface area contributed by atoms with Gasteiger partial charge in [0, 0.05) is 22.3 Å². The smallest absolute Gasteiger partial charge is 0.309 e. The standard InChI is InChI=1S/C31H40O8/c1-30(2,29(37)38)14-7-5-10-21-16-25(33)18-23(27(21)35)12-9-13-24-19-26(34)17-22(28(24)36)11-6-8-15-31(3,4)39-20-32/h16-20H,5-15H2,1-4H3,(H,37,38). The van der Waals surface area contributed by atoms with Gasteiger partial charge >= 0.3 is 5.97 Å². The molecule has 0 heterocycles. The third-order valence-corrected chi connectivity index (χ3v) is 7.24. The van der Waals surface area contributed by atoms with Crippen LogP contribution in [0.25, 0.3) is 0 Å². The van der Waals surface area contributed by atoms with Gasteiger partial charge in [-0.2, -0.15) is 0 Å². The number of carbonyl (C=O) groups is 6. The van der Waals surface area contributed by atoms with E-state index in [9.17, 15) is 33.9 Å². The van der Waals surface area contributed by atoms with Crippen molar-refractivity contribution in [2.75, 3.05) is 0 Å². The molecule has 0 bridgehead atoms. The molecule has 8 nitrogen and oxygen atoms in total. The maximum absolute atomic E-state index is 12.9. The maximum atomic E-state index is 12.9. The third kappa shape index (κ3) is 10.0. The van der Waals surface area contributed by atoms with Gasteiger partial charge in [0.1, 0.15) is 5.60 Å². The number of ketones is 4. The quantitative estimate of drug-likeness (QED) is 0.148. The third-order valence-electron chi connectivity index (χ3n) is 7.24. The van der Waals surface area contributed by atoms with Crippen molar-refractivity contribution in [2.45, 2.75) is 104 Å². The molecule has 0 aromatic carbocycles. The second-order valence-corrected chi connectivity index (χ2v) is 11.6. The van der Waals surface area contributed by atoms with Gasteiger partial charge in [-0.05, 0) is 116 Å². The van der Waals surface area contributed by atoms with Gasteiger partial charge < -0.3 is 9.84 Å². The minimum atomic E-state index is -0.864. The van der Waals surface area contributed by atoms with Crippen LogP contribution in [0.1, 0.15) is 98.3 Å². The van der Waals surface area contributed by atoms with Crippen LogP contribution >= 0.6 is 0 Å². The van der Waals surface area contributed by atoms with Crippen molar-refractivity contribution in [2.24, 2.45) is 5.41 Å². The summed E-state index contributed by atoms with van der Waals surface area (Å²) in [6.07, 6.45) is 11.1. The Labute approximate surface area is 230 Å². The Kier molecular flexibility index (Phi) is 11.5. The normalized spacial score (nSPS) is 16.4. The van der Waals surface area contributed by atoms with Gasteiger partial charge in [0.2, 0.25) is 0 Å². The number of allylic oxidation sites excluding steroid dienone is 8. The Hall–Kier alpha value is -3.42. The molecule has 0 aliphatic heterocycles. The molecule has 0 aromatic rings. The van der Waals surface area contributed by atoms with Gasteiger partial charge in [-0.25, -0.2) is 0 Å². The van der Waals surface area contributed by atoms with Crippen LogP contribution in [0.4, 0.5) is 0 Å². The van der Waals surface area contributed by atoms with Gasteiger partial charge in [0.15, 0.2) is 23.1 Å². The molecule has 1 N–H and O–H groups in total. The van der Waals surface area contributed by atoms with E-state index in [0.717, 1.165) is 6.42 Å². The van der Waals surface area contributed by atoms with E-state index in [2.05, 4.69) is 0 Å². The number of hydrogen-bond donors (Lipinski definition) is 1. The zero-order chi connectivity index (χ0) is 29.2. The van der Waals surface area contributed by atoms with Gasteiger partial charge in [0.25, 0.3) is 6.47 Å². The van der Waals surface area contributed by atoms with Crippen LogP contribution in [0.3, 0.4) is 0 Å². The summed E-state index contributed by atoms with van der Waals surface area (Å²) < 4.78 is 5.04. The van der Waals surface area contributed by atoms with Crippen LogP contribution in [0.15, 0.2) is 46.6 Å². The van der Waals surface area contributed by atoms with Crippen LogP contribution in [-0.2, 0) is 33.5 Å². The Morgan fingerprint density at radius 3 is 1.46 bits per heavy atom. The van der Waals surface area contributed by atoms with Crippen molar-refractivity contribution < 1.29 is 38.6 Å².